The lowest BCUT2D eigenvalue weighted by molar-refractivity contribution is 0.0697. The van der Waals surface area contributed by atoms with Crippen molar-refractivity contribution in [3.63, 3.8) is 0 Å². The van der Waals surface area contributed by atoms with Gasteiger partial charge in [0.05, 0.1) is 23.0 Å². The number of aromatic nitrogens is 2. The molecule has 0 aliphatic carbocycles. The zero-order valence-corrected chi connectivity index (χ0v) is 14.0. The van der Waals surface area contributed by atoms with E-state index in [1.807, 2.05) is 18.5 Å². The van der Waals surface area contributed by atoms with Gasteiger partial charge in [-0.25, -0.2) is 4.79 Å². The van der Waals surface area contributed by atoms with Gasteiger partial charge in [0.2, 0.25) is 0 Å². The molecule has 0 atom stereocenters. The molecule has 0 fully saturated rings. The van der Waals surface area contributed by atoms with Crippen LogP contribution in [0.1, 0.15) is 56.6 Å². The number of hydrogen-bond acceptors (Lipinski definition) is 4. The number of hydrogen-bond donors (Lipinski definition) is 2. The van der Waals surface area contributed by atoms with Crippen molar-refractivity contribution in [2.75, 3.05) is 5.32 Å². The standard InChI is InChI=1S/C16H19N3O3S/c1-3-10-9(2)23-15(13(10)16(21)22)18-14(20)11-8-17-19-7-5-4-6-12(11)19/h8H,3-7H2,1-2H3,(H,18,20)(H,21,22). The first-order valence-electron chi connectivity index (χ1n) is 7.74. The Morgan fingerprint density at radius 3 is 2.91 bits per heavy atom. The van der Waals surface area contributed by atoms with Gasteiger partial charge in [-0.15, -0.1) is 11.3 Å². The quantitative estimate of drug-likeness (QED) is 0.900. The average Bonchev–Trinajstić information content (AvgIpc) is 3.07. The molecular formula is C16H19N3O3S. The Morgan fingerprint density at radius 2 is 2.22 bits per heavy atom. The van der Waals surface area contributed by atoms with Crippen LogP contribution in [-0.4, -0.2) is 26.8 Å². The van der Waals surface area contributed by atoms with Crippen LogP contribution in [0, 0.1) is 6.92 Å². The summed E-state index contributed by atoms with van der Waals surface area (Å²) in [5.41, 5.74) is 2.49. The molecule has 1 aliphatic heterocycles. The van der Waals surface area contributed by atoms with Gasteiger partial charge in [0.25, 0.3) is 5.91 Å². The van der Waals surface area contributed by atoms with Gasteiger partial charge in [-0.2, -0.15) is 5.10 Å². The van der Waals surface area contributed by atoms with E-state index >= 15 is 0 Å². The number of rotatable bonds is 4. The number of aromatic carboxylic acids is 1. The number of carboxylic acids is 1. The molecule has 0 spiro atoms. The molecule has 3 heterocycles. The maximum atomic E-state index is 12.6. The SMILES string of the molecule is CCc1c(C)sc(NC(=O)c2cnn3c2CCCC3)c1C(=O)O. The number of nitrogens with one attached hydrogen (secondary N) is 1. The summed E-state index contributed by atoms with van der Waals surface area (Å²) >= 11 is 1.32. The second-order valence-corrected chi connectivity index (χ2v) is 6.86. The summed E-state index contributed by atoms with van der Waals surface area (Å²) in [4.78, 5) is 25.1. The smallest absolute Gasteiger partial charge is 0.339 e. The molecule has 0 unspecified atom stereocenters. The number of fused-ring (bicyclic) bond motifs is 1. The van der Waals surface area contributed by atoms with Gasteiger partial charge in [-0.1, -0.05) is 6.92 Å². The first kappa shape index (κ1) is 15.7. The van der Waals surface area contributed by atoms with Crippen LogP contribution in [0.15, 0.2) is 6.20 Å². The number of nitrogens with zero attached hydrogens (tertiary/aromatic N) is 2. The number of carbonyl (C=O) groups is 2. The second-order valence-electron chi connectivity index (χ2n) is 5.64. The maximum absolute atomic E-state index is 12.6. The van der Waals surface area contributed by atoms with E-state index in [2.05, 4.69) is 10.4 Å². The monoisotopic (exact) mass is 333 g/mol. The lowest BCUT2D eigenvalue weighted by Gasteiger charge is -2.14. The highest BCUT2D eigenvalue weighted by molar-refractivity contribution is 7.16. The number of carboxylic acid groups (broad SMARTS) is 1. The minimum absolute atomic E-state index is 0.212. The number of carbonyl (C=O) groups excluding carboxylic acids is 1. The topological polar surface area (TPSA) is 84.2 Å². The molecule has 122 valence electrons. The molecule has 6 nitrogen and oxygen atoms in total. The van der Waals surface area contributed by atoms with Crippen LogP contribution < -0.4 is 5.32 Å². The molecule has 1 amide bonds. The van der Waals surface area contributed by atoms with Crippen molar-refractivity contribution < 1.29 is 14.7 Å². The Labute approximate surface area is 138 Å². The first-order chi connectivity index (χ1) is 11.0. The molecule has 1 aliphatic rings. The molecule has 0 aromatic carbocycles. The maximum Gasteiger partial charge on any atom is 0.339 e. The molecule has 2 N–H and O–H groups in total. The summed E-state index contributed by atoms with van der Waals surface area (Å²) in [6.07, 6.45) is 5.16. The fourth-order valence-electron chi connectivity index (χ4n) is 3.10. The predicted molar refractivity (Wildman–Crippen MR) is 88.5 cm³/mol. The number of amides is 1. The summed E-state index contributed by atoms with van der Waals surface area (Å²) in [5.74, 6) is -1.28. The van der Waals surface area contributed by atoms with Crippen LogP contribution >= 0.6 is 11.3 Å². The third-order valence-electron chi connectivity index (χ3n) is 4.23. The Balaban J connectivity index is 1.92. The van der Waals surface area contributed by atoms with E-state index in [1.165, 1.54) is 11.3 Å². The van der Waals surface area contributed by atoms with Crippen LogP contribution in [0.4, 0.5) is 5.00 Å². The van der Waals surface area contributed by atoms with Crippen molar-refractivity contribution in [1.82, 2.24) is 9.78 Å². The van der Waals surface area contributed by atoms with Gasteiger partial charge >= 0.3 is 5.97 Å². The summed E-state index contributed by atoms with van der Waals surface area (Å²) in [6.45, 7) is 4.63. The molecule has 0 bridgehead atoms. The van der Waals surface area contributed by atoms with Crippen molar-refractivity contribution in [3.05, 3.63) is 33.5 Å². The molecule has 2 aromatic heterocycles. The first-order valence-corrected chi connectivity index (χ1v) is 8.56. The van der Waals surface area contributed by atoms with Crippen LogP contribution in [0.5, 0.6) is 0 Å². The van der Waals surface area contributed by atoms with E-state index in [4.69, 9.17) is 0 Å². The molecule has 3 rings (SSSR count). The molecule has 0 saturated carbocycles. The van der Waals surface area contributed by atoms with E-state index in [1.54, 1.807) is 6.20 Å². The number of thiophene rings is 1. The van der Waals surface area contributed by atoms with E-state index in [-0.39, 0.29) is 11.5 Å². The third-order valence-corrected chi connectivity index (χ3v) is 5.29. The van der Waals surface area contributed by atoms with E-state index in [0.717, 1.165) is 41.9 Å². The summed E-state index contributed by atoms with van der Waals surface area (Å²) in [6, 6.07) is 0. The summed E-state index contributed by atoms with van der Waals surface area (Å²) in [5, 5.41) is 16.9. The van der Waals surface area contributed by atoms with Crippen LogP contribution in [0.25, 0.3) is 0 Å². The Kier molecular flexibility index (Phi) is 4.21. The molecule has 0 saturated heterocycles. The zero-order valence-electron chi connectivity index (χ0n) is 13.2. The Bertz CT molecular complexity index is 776. The molecule has 7 heteroatoms. The fourth-order valence-corrected chi connectivity index (χ4v) is 4.23. The fraction of sp³-hybridized carbons (Fsp3) is 0.438. The van der Waals surface area contributed by atoms with Crippen molar-refractivity contribution in [1.29, 1.82) is 0 Å². The largest absolute Gasteiger partial charge is 0.478 e. The van der Waals surface area contributed by atoms with Crippen LogP contribution in [0.2, 0.25) is 0 Å². The lowest BCUT2D eigenvalue weighted by atomic mass is 10.1. The van der Waals surface area contributed by atoms with Crippen LogP contribution in [-0.2, 0) is 19.4 Å². The van der Waals surface area contributed by atoms with Gasteiger partial charge in [0.15, 0.2) is 0 Å². The second kappa shape index (κ2) is 6.16. The highest BCUT2D eigenvalue weighted by Gasteiger charge is 2.25. The highest BCUT2D eigenvalue weighted by atomic mass is 32.1. The van der Waals surface area contributed by atoms with E-state index in [0.29, 0.717) is 17.0 Å². The summed E-state index contributed by atoms with van der Waals surface area (Å²) < 4.78 is 1.87. The number of aryl methyl sites for hydroxylation is 2. The number of anilines is 1. The van der Waals surface area contributed by atoms with E-state index in [9.17, 15) is 14.7 Å². The third kappa shape index (κ3) is 2.76. The van der Waals surface area contributed by atoms with Gasteiger partial charge in [-0.3, -0.25) is 9.48 Å². The summed E-state index contributed by atoms with van der Waals surface area (Å²) in [7, 11) is 0. The Hall–Kier alpha value is -2.15. The van der Waals surface area contributed by atoms with Gasteiger partial charge in [0.1, 0.15) is 5.00 Å². The Morgan fingerprint density at radius 1 is 1.43 bits per heavy atom. The van der Waals surface area contributed by atoms with Crippen molar-refractivity contribution in [3.8, 4) is 0 Å². The minimum Gasteiger partial charge on any atom is -0.478 e. The molecule has 23 heavy (non-hydrogen) atoms. The van der Waals surface area contributed by atoms with Crippen molar-refractivity contribution in [2.45, 2.75) is 46.1 Å². The van der Waals surface area contributed by atoms with Crippen molar-refractivity contribution in [2.24, 2.45) is 0 Å². The van der Waals surface area contributed by atoms with Crippen LogP contribution in [0.3, 0.4) is 0 Å². The molecule has 0 radical (unpaired) electrons. The molecular weight excluding hydrogens is 314 g/mol. The van der Waals surface area contributed by atoms with Crippen molar-refractivity contribution >= 4 is 28.2 Å². The van der Waals surface area contributed by atoms with Gasteiger partial charge in [0, 0.05) is 11.4 Å². The zero-order chi connectivity index (χ0) is 16.6. The minimum atomic E-state index is -1.00. The predicted octanol–water partition coefficient (Wildman–Crippen LogP) is 3.10. The lowest BCUT2D eigenvalue weighted by Crippen LogP contribution is -2.18. The molecule has 2 aromatic rings. The van der Waals surface area contributed by atoms with E-state index < -0.39 is 5.97 Å². The average molecular weight is 333 g/mol. The van der Waals surface area contributed by atoms with Gasteiger partial charge in [-0.05, 0) is 38.2 Å². The normalized spacial score (nSPS) is 13.7. The van der Waals surface area contributed by atoms with Gasteiger partial charge < -0.3 is 10.4 Å². The highest BCUT2D eigenvalue weighted by Crippen LogP contribution is 2.34.